The standard InChI is InChI=1S/C16H29NO2/c18-13-7-12-16(19)17(14-8-3-1-4-9-14)15-10-5-2-6-11-15/h14-15,18H,1-13H2. The fourth-order valence-electron chi connectivity index (χ4n) is 3.78. The second kappa shape index (κ2) is 7.88. The fraction of sp³-hybridized carbons (Fsp3) is 0.938. The minimum absolute atomic E-state index is 0.134. The molecule has 3 heteroatoms. The molecule has 0 unspecified atom stereocenters. The Hall–Kier alpha value is -0.570. The van der Waals surface area contributed by atoms with Crippen LogP contribution in [0.15, 0.2) is 0 Å². The third-order valence-corrected chi connectivity index (χ3v) is 4.77. The summed E-state index contributed by atoms with van der Waals surface area (Å²) in [4.78, 5) is 14.8. The van der Waals surface area contributed by atoms with Crippen molar-refractivity contribution in [3.63, 3.8) is 0 Å². The summed E-state index contributed by atoms with van der Waals surface area (Å²) in [6.07, 6.45) is 13.7. The molecule has 110 valence electrons. The maximum Gasteiger partial charge on any atom is 0.223 e. The first-order valence-corrected chi connectivity index (χ1v) is 8.25. The number of hydrogen-bond donors (Lipinski definition) is 1. The molecular formula is C16H29NO2. The Balaban J connectivity index is 1.99. The van der Waals surface area contributed by atoms with Crippen LogP contribution in [0.1, 0.15) is 77.0 Å². The number of carbonyl (C=O) groups is 1. The second-order valence-electron chi connectivity index (χ2n) is 6.21. The summed E-state index contributed by atoms with van der Waals surface area (Å²) < 4.78 is 0. The molecular weight excluding hydrogens is 238 g/mol. The summed E-state index contributed by atoms with van der Waals surface area (Å²) in [6, 6.07) is 0.978. The van der Waals surface area contributed by atoms with Crippen molar-refractivity contribution in [2.45, 2.75) is 89.1 Å². The summed E-state index contributed by atoms with van der Waals surface area (Å²) in [6.45, 7) is 0.134. The van der Waals surface area contributed by atoms with Crippen LogP contribution in [0.3, 0.4) is 0 Å². The minimum atomic E-state index is 0.134. The monoisotopic (exact) mass is 267 g/mol. The van der Waals surface area contributed by atoms with Gasteiger partial charge in [-0.3, -0.25) is 4.79 Å². The van der Waals surface area contributed by atoms with Crippen LogP contribution in [-0.2, 0) is 4.79 Å². The molecule has 1 N–H and O–H groups in total. The predicted molar refractivity (Wildman–Crippen MR) is 76.9 cm³/mol. The van der Waals surface area contributed by atoms with Gasteiger partial charge in [0.25, 0.3) is 0 Å². The van der Waals surface area contributed by atoms with Crippen molar-refractivity contribution in [3.05, 3.63) is 0 Å². The highest BCUT2D eigenvalue weighted by Gasteiger charge is 2.31. The zero-order valence-electron chi connectivity index (χ0n) is 12.1. The number of nitrogens with zero attached hydrogens (tertiary/aromatic N) is 1. The van der Waals surface area contributed by atoms with Crippen LogP contribution in [0.25, 0.3) is 0 Å². The zero-order chi connectivity index (χ0) is 13.5. The summed E-state index contributed by atoms with van der Waals surface area (Å²) in [5.41, 5.74) is 0. The largest absolute Gasteiger partial charge is 0.396 e. The van der Waals surface area contributed by atoms with Gasteiger partial charge in [0.2, 0.25) is 5.91 Å². The van der Waals surface area contributed by atoms with E-state index < -0.39 is 0 Å². The van der Waals surface area contributed by atoms with Gasteiger partial charge in [0.15, 0.2) is 0 Å². The molecule has 19 heavy (non-hydrogen) atoms. The molecule has 2 aliphatic carbocycles. The Kier molecular flexibility index (Phi) is 6.15. The lowest BCUT2D eigenvalue weighted by Gasteiger charge is -2.42. The van der Waals surface area contributed by atoms with Gasteiger partial charge in [-0.2, -0.15) is 0 Å². The lowest BCUT2D eigenvalue weighted by molar-refractivity contribution is -0.138. The normalized spacial score (nSPS) is 22.4. The van der Waals surface area contributed by atoms with Crippen molar-refractivity contribution in [1.29, 1.82) is 0 Å². The first kappa shape index (κ1) is 14.8. The summed E-state index contributed by atoms with van der Waals surface area (Å²) in [7, 11) is 0. The molecule has 0 aliphatic heterocycles. The molecule has 2 saturated carbocycles. The van der Waals surface area contributed by atoms with Gasteiger partial charge in [-0.25, -0.2) is 0 Å². The Morgan fingerprint density at radius 2 is 1.37 bits per heavy atom. The number of hydrogen-bond acceptors (Lipinski definition) is 2. The third-order valence-electron chi connectivity index (χ3n) is 4.77. The molecule has 0 atom stereocenters. The van der Waals surface area contributed by atoms with Crippen LogP contribution in [0.4, 0.5) is 0 Å². The molecule has 0 saturated heterocycles. The summed E-state index contributed by atoms with van der Waals surface area (Å²) in [5.74, 6) is 0.299. The molecule has 0 aromatic rings. The van der Waals surface area contributed by atoms with E-state index in [1.54, 1.807) is 0 Å². The lowest BCUT2D eigenvalue weighted by atomic mass is 9.88. The number of aliphatic hydroxyl groups is 1. The Morgan fingerprint density at radius 1 is 0.895 bits per heavy atom. The van der Waals surface area contributed by atoms with E-state index in [0.29, 0.717) is 30.8 Å². The van der Waals surface area contributed by atoms with Gasteiger partial charge in [0, 0.05) is 25.1 Å². The fourth-order valence-corrected chi connectivity index (χ4v) is 3.78. The molecule has 0 aromatic heterocycles. The van der Waals surface area contributed by atoms with E-state index in [0.717, 1.165) is 0 Å². The van der Waals surface area contributed by atoms with E-state index in [2.05, 4.69) is 4.90 Å². The first-order valence-electron chi connectivity index (χ1n) is 8.25. The molecule has 0 spiro atoms. The van der Waals surface area contributed by atoms with Crippen molar-refractivity contribution in [3.8, 4) is 0 Å². The Bertz CT molecular complexity index is 250. The van der Waals surface area contributed by atoms with E-state index in [1.807, 2.05) is 0 Å². The van der Waals surface area contributed by atoms with Gasteiger partial charge >= 0.3 is 0 Å². The molecule has 2 aliphatic rings. The highest BCUT2D eigenvalue weighted by atomic mass is 16.3. The number of amides is 1. The number of carbonyl (C=O) groups excluding carboxylic acids is 1. The highest BCUT2D eigenvalue weighted by molar-refractivity contribution is 5.77. The van der Waals surface area contributed by atoms with Gasteiger partial charge in [0.05, 0.1) is 0 Å². The molecule has 0 bridgehead atoms. The van der Waals surface area contributed by atoms with Crippen molar-refractivity contribution in [2.75, 3.05) is 6.61 Å². The van der Waals surface area contributed by atoms with E-state index >= 15 is 0 Å². The molecule has 2 rings (SSSR count). The molecule has 0 radical (unpaired) electrons. The van der Waals surface area contributed by atoms with Crippen LogP contribution in [0.2, 0.25) is 0 Å². The Labute approximate surface area is 117 Å². The highest BCUT2D eigenvalue weighted by Crippen LogP contribution is 2.30. The summed E-state index contributed by atoms with van der Waals surface area (Å²) in [5, 5.41) is 8.95. The minimum Gasteiger partial charge on any atom is -0.396 e. The van der Waals surface area contributed by atoms with Gasteiger partial charge in [-0.1, -0.05) is 38.5 Å². The van der Waals surface area contributed by atoms with Crippen molar-refractivity contribution in [1.82, 2.24) is 4.90 Å². The van der Waals surface area contributed by atoms with Crippen molar-refractivity contribution >= 4 is 5.91 Å². The third kappa shape index (κ3) is 4.20. The van der Waals surface area contributed by atoms with Gasteiger partial charge < -0.3 is 10.0 Å². The van der Waals surface area contributed by atoms with Crippen molar-refractivity contribution in [2.24, 2.45) is 0 Å². The van der Waals surface area contributed by atoms with E-state index in [1.165, 1.54) is 64.2 Å². The van der Waals surface area contributed by atoms with Gasteiger partial charge in [-0.15, -0.1) is 0 Å². The topological polar surface area (TPSA) is 40.5 Å². The number of rotatable bonds is 5. The van der Waals surface area contributed by atoms with Crippen LogP contribution in [-0.4, -0.2) is 34.6 Å². The molecule has 0 aromatic carbocycles. The van der Waals surface area contributed by atoms with E-state index in [9.17, 15) is 4.79 Å². The van der Waals surface area contributed by atoms with Gasteiger partial charge in [-0.05, 0) is 32.1 Å². The quantitative estimate of drug-likeness (QED) is 0.830. The van der Waals surface area contributed by atoms with Crippen LogP contribution < -0.4 is 0 Å². The predicted octanol–water partition coefficient (Wildman–Crippen LogP) is 3.25. The molecule has 2 fully saturated rings. The summed E-state index contributed by atoms with van der Waals surface area (Å²) >= 11 is 0. The average molecular weight is 267 g/mol. The maximum absolute atomic E-state index is 12.5. The van der Waals surface area contributed by atoms with E-state index in [4.69, 9.17) is 5.11 Å². The second-order valence-corrected chi connectivity index (χ2v) is 6.21. The van der Waals surface area contributed by atoms with Crippen molar-refractivity contribution < 1.29 is 9.90 Å². The first-order chi connectivity index (χ1) is 9.33. The zero-order valence-corrected chi connectivity index (χ0v) is 12.1. The Morgan fingerprint density at radius 3 is 1.79 bits per heavy atom. The maximum atomic E-state index is 12.5. The SMILES string of the molecule is O=C(CCCO)N(C1CCCCC1)C1CCCCC1. The molecule has 1 amide bonds. The lowest BCUT2D eigenvalue weighted by Crippen LogP contribution is -2.48. The number of aliphatic hydroxyl groups excluding tert-OH is 1. The van der Waals surface area contributed by atoms with Gasteiger partial charge in [0.1, 0.15) is 0 Å². The van der Waals surface area contributed by atoms with Crippen LogP contribution >= 0.6 is 0 Å². The van der Waals surface area contributed by atoms with Crippen LogP contribution in [0, 0.1) is 0 Å². The smallest absolute Gasteiger partial charge is 0.223 e. The van der Waals surface area contributed by atoms with Crippen LogP contribution in [0.5, 0.6) is 0 Å². The van der Waals surface area contributed by atoms with E-state index in [-0.39, 0.29) is 6.61 Å². The molecule has 3 nitrogen and oxygen atoms in total. The molecule has 0 heterocycles. The average Bonchev–Trinajstić information content (AvgIpc) is 2.47.